The lowest BCUT2D eigenvalue weighted by molar-refractivity contribution is -0.130. The number of nitrogens with two attached hydrogens (primary N) is 1. The van der Waals surface area contributed by atoms with Crippen LogP contribution in [0, 0.1) is 5.92 Å². The predicted octanol–water partition coefficient (Wildman–Crippen LogP) is 4.90. The lowest BCUT2D eigenvalue weighted by Gasteiger charge is -2.33. The normalized spacial score (nSPS) is 15.3. The SMILES string of the molecule is C[C@@H](c1c[nH]c2ccccc12)[C@@H](NC(=O)C1CCN(C(=O)c2cc3ccccc3n2C)CC1)C(=O)Nc1cccc(CN)c1. The number of nitrogens with one attached hydrogen (secondary N) is 3. The summed E-state index contributed by atoms with van der Waals surface area (Å²) in [5.41, 5.74) is 10.9. The van der Waals surface area contributed by atoms with Gasteiger partial charge >= 0.3 is 0 Å². The Balaban J connectivity index is 1.17. The number of hydrogen-bond donors (Lipinski definition) is 4. The minimum absolute atomic E-state index is 0.0347. The van der Waals surface area contributed by atoms with Gasteiger partial charge in [-0.1, -0.05) is 55.5 Å². The van der Waals surface area contributed by atoms with Crippen LogP contribution in [-0.2, 0) is 23.2 Å². The molecule has 1 fully saturated rings. The number of aryl methyl sites for hydroxylation is 1. The number of amides is 3. The highest BCUT2D eigenvalue weighted by molar-refractivity contribution is 6.00. The van der Waals surface area contributed by atoms with Gasteiger partial charge in [0.2, 0.25) is 11.8 Å². The van der Waals surface area contributed by atoms with E-state index in [2.05, 4.69) is 15.6 Å². The van der Waals surface area contributed by atoms with Gasteiger partial charge in [-0.05, 0) is 54.3 Å². The Labute approximate surface area is 256 Å². The molecule has 3 heterocycles. The zero-order valence-electron chi connectivity index (χ0n) is 25.0. The number of carbonyl (C=O) groups is 3. The van der Waals surface area contributed by atoms with Crippen molar-refractivity contribution in [1.82, 2.24) is 19.8 Å². The first-order chi connectivity index (χ1) is 21.3. The molecular formula is C35H38N6O3. The number of fused-ring (bicyclic) bond motifs is 2. The fraction of sp³-hybridized carbons (Fsp3) is 0.286. The Hall–Kier alpha value is -4.89. The van der Waals surface area contributed by atoms with Crippen LogP contribution in [0.25, 0.3) is 21.8 Å². The van der Waals surface area contributed by atoms with Crippen LogP contribution >= 0.6 is 0 Å². The third-order valence-corrected chi connectivity index (χ3v) is 8.95. The molecule has 0 aliphatic carbocycles. The van der Waals surface area contributed by atoms with Crippen molar-refractivity contribution in [1.29, 1.82) is 0 Å². The predicted molar refractivity (Wildman–Crippen MR) is 173 cm³/mol. The van der Waals surface area contributed by atoms with Crippen molar-refractivity contribution in [2.75, 3.05) is 18.4 Å². The summed E-state index contributed by atoms with van der Waals surface area (Å²) in [7, 11) is 1.90. The van der Waals surface area contributed by atoms with E-state index in [4.69, 9.17) is 5.73 Å². The minimum atomic E-state index is -0.821. The molecule has 2 atom stereocenters. The second-order valence-electron chi connectivity index (χ2n) is 11.7. The number of benzene rings is 3. The van der Waals surface area contributed by atoms with E-state index < -0.39 is 6.04 Å². The molecule has 0 saturated carbocycles. The van der Waals surface area contributed by atoms with Crippen molar-refractivity contribution in [3.8, 4) is 0 Å². The summed E-state index contributed by atoms with van der Waals surface area (Å²) in [5.74, 6) is -1.14. The van der Waals surface area contributed by atoms with Gasteiger partial charge in [0.15, 0.2) is 0 Å². The van der Waals surface area contributed by atoms with Gasteiger partial charge in [-0.3, -0.25) is 14.4 Å². The van der Waals surface area contributed by atoms with Crippen molar-refractivity contribution in [3.05, 3.63) is 102 Å². The van der Waals surface area contributed by atoms with Gasteiger partial charge in [-0.25, -0.2) is 0 Å². The second kappa shape index (κ2) is 12.4. The quantitative estimate of drug-likeness (QED) is 0.205. The smallest absolute Gasteiger partial charge is 0.270 e. The summed E-state index contributed by atoms with van der Waals surface area (Å²) in [6, 6.07) is 24.4. The summed E-state index contributed by atoms with van der Waals surface area (Å²) >= 11 is 0. The Bertz CT molecular complexity index is 1830. The Kier molecular flexibility index (Phi) is 8.21. The van der Waals surface area contributed by atoms with Gasteiger partial charge in [0, 0.05) is 72.2 Å². The zero-order chi connectivity index (χ0) is 30.8. The maximum atomic E-state index is 13.8. The molecule has 3 aromatic carbocycles. The number of nitrogens with zero attached hydrogens (tertiary/aromatic N) is 2. The number of carbonyl (C=O) groups excluding carboxylic acids is 3. The van der Waals surface area contributed by atoms with Crippen molar-refractivity contribution in [3.63, 3.8) is 0 Å². The lowest BCUT2D eigenvalue weighted by Crippen LogP contribution is -2.50. The van der Waals surface area contributed by atoms with Crippen LogP contribution in [0.5, 0.6) is 0 Å². The number of anilines is 1. The van der Waals surface area contributed by atoms with Crippen LogP contribution in [0.15, 0.2) is 85.1 Å². The van der Waals surface area contributed by atoms with E-state index in [9.17, 15) is 14.4 Å². The fourth-order valence-electron chi connectivity index (χ4n) is 6.34. The number of aromatic amines is 1. The maximum absolute atomic E-state index is 13.8. The molecule has 0 radical (unpaired) electrons. The number of hydrogen-bond acceptors (Lipinski definition) is 4. The maximum Gasteiger partial charge on any atom is 0.270 e. The van der Waals surface area contributed by atoms with Gasteiger partial charge < -0.3 is 30.8 Å². The van der Waals surface area contributed by atoms with E-state index in [1.54, 1.807) is 0 Å². The van der Waals surface area contributed by atoms with Crippen LogP contribution in [0.1, 0.15) is 47.3 Å². The average Bonchev–Trinajstić information content (AvgIpc) is 3.64. The first-order valence-electron chi connectivity index (χ1n) is 15.1. The van der Waals surface area contributed by atoms with Crippen LogP contribution in [0.4, 0.5) is 5.69 Å². The summed E-state index contributed by atoms with van der Waals surface area (Å²) < 4.78 is 1.93. The highest BCUT2D eigenvalue weighted by Crippen LogP contribution is 2.30. The Morgan fingerprint density at radius 3 is 2.50 bits per heavy atom. The standard InChI is InChI=1S/C35H38N6O3/c1-22(28-21-37-29-12-5-4-11-27(28)29)32(34(43)38-26-10-7-8-23(18-26)20-36)39-33(42)24-14-16-41(17-15-24)35(44)31-19-25-9-3-6-13-30(25)40(31)2/h3-13,18-19,21-22,24,32,37H,14-17,20,36H2,1-2H3,(H,38,43)(H,39,42)/t22-,32+/m0/s1. The average molecular weight is 591 g/mol. The Morgan fingerprint density at radius 1 is 0.977 bits per heavy atom. The van der Waals surface area contributed by atoms with E-state index in [0.717, 1.165) is 32.9 Å². The first kappa shape index (κ1) is 29.2. The van der Waals surface area contributed by atoms with Gasteiger partial charge in [0.05, 0.1) is 0 Å². The molecule has 5 N–H and O–H groups in total. The van der Waals surface area contributed by atoms with E-state index in [-0.39, 0.29) is 29.6 Å². The van der Waals surface area contributed by atoms with Crippen LogP contribution < -0.4 is 16.4 Å². The molecule has 6 rings (SSSR count). The molecule has 3 amide bonds. The molecule has 1 saturated heterocycles. The molecule has 9 nitrogen and oxygen atoms in total. The summed E-state index contributed by atoms with van der Waals surface area (Å²) in [6.07, 6.45) is 2.96. The molecule has 0 spiro atoms. The molecule has 44 heavy (non-hydrogen) atoms. The van der Waals surface area contributed by atoms with Crippen molar-refractivity contribution in [2.45, 2.75) is 38.3 Å². The van der Waals surface area contributed by atoms with Gasteiger partial charge in [-0.15, -0.1) is 0 Å². The van der Waals surface area contributed by atoms with Gasteiger partial charge in [0.25, 0.3) is 5.91 Å². The van der Waals surface area contributed by atoms with Crippen molar-refractivity contribution < 1.29 is 14.4 Å². The monoisotopic (exact) mass is 590 g/mol. The molecule has 0 bridgehead atoms. The zero-order valence-corrected chi connectivity index (χ0v) is 25.0. The molecule has 1 aliphatic heterocycles. The number of likely N-dealkylation sites (tertiary alicyclic amines) is 1. The highest BCUT2D eigenvalue weighted by Gasteiger charge is 2.34. The van der Waals surface area contributed by atoms with E-state index >= 15 is 0 Å². The van der Waals surface area contributed by atoms with Gasteiger partial charge in [0.1, 0.15) is 11.7 Å². The topological polar surface area (TPSA) is 125 Å². The van der Waals surface area contributed by atoms with Crippen molar-refractivity contribution >= 4 is 45.2 Å². The minimum Gasteiger partial charge on any atom is -0.361 e. The largest absolute Gasteiger partial charge is 0.361 e. The third-order valence-electron chi connectivity index (χ3n) is 8.95. The Morgan fingerprint density at radius 2 is 1.73 bits per heavy atom. The summed E-state index contributed by atoms with van der Waals surface area (Å²) in [4.78, 5) is 46.0. The number of para-hydroxylation sites is 2. The number of piperidine rings is 1. The molecule has 226 valence electrons. The van der Waals surface area contributed by atoms with E-state index in [1.165, 1.54) is 0 Å². The molecule has 1 aliphatic rings. The molecule has 2 aromatic heterocycles. The van der Waals surface area contributed by atoms with Crippen LogP contribution in [0.3, 0.4) is 0 Å². The van der Waals surface area contributed by atoms with Crippen molar-refractivity contribution in [2.24, 2.45) is 18.7 Å². The first-order valence-corrected chi connectivity index (χ1v) is 15.1. The lowest BCUT2D eigenvalue weighted by atomic mass is 9.90. The number of aromatic nitrogens is 2. The molecule has 9 heteroatoms. The fourth-order valence-corrected chi connectivity index (χ4v) is 6.34. The van der Waals surface area contributed by atoms with Gasteiger partial charge in [-0.2, -0.15) is 0 Å². The second-order valence-corrected chi connectivity index (χ2v) is 11.7. The van der Waals surface area contributed by atoms with Crippen LogP contribution in [-0.4, -0.2) is 51.3 Å². The number of H-pyrrole nitrogens is 1. The molecule has 0 unspecified atom stereocenters. The summed E-state index contributed by atoms with van der Waals surface area (Å²) in [6.45, 7) is 3.26. The highest BCUT2D eigenvalue weighted by atomic mass is 16.2. The number of rotatable bonds is 8. The van der Waals surface area contributed by atoms with Crippen LogP contribution in [0.2, 0.25) is 0 Å². The third kappa shape index (κ3) is 5.70. The van der Waals surface area contributed by atoms with E-state index in [1.807, 2.05) is 108 Å². The molecular weight excluding hydrogens is 552 g/mol. The summed E-state index contributed by atoms with van der Waals surface area (Å²) in [5, 5.41) is 8.13. The van der Waals surface area contributed by atoms with E-state index in [0.29, 0.717) is 43.9 Å². The molecule has 5 aromatic rings.